The van der Waals surface area contributed by atoms with E-state index in [1.54, 1.807) is 6.07 Å². The first-order chi connectivity index (χ1) is 10.9. The smallest absolute Gasteiger partial charge is 0.256 e. The third kappa shape index (κ3) is 4.28. The molecule has 116 valence electrons. The molecular weight excluding hydrogens is 290 g/mol. The van der Waals surface area contributed by atoms with Crippen molar-refractivity contribution >= 4 is 25.1 Å². The molecule has 2 rings (SSSR count). The SMILES string of the molecule is [B]c1ccc(C)c(CCc2c(F)cccc2C(=O)NC(C)=N)c1. The van der Waals surface area contributed by atoms with Crippen molar-refractivity contribution in [3.63, 3.8) is 0 Å². The Labute approximate surface area is 136 Å². The van der Waals surface area contributed by atoms with Gasteiger partial charge in [-0.15, -0.1) is 0 Å². The Bertz CT molecular complexity index is 759. The third-order valence-electron chi connectivity index (χ3n) is 3.68. The number of benzene rings is 2. The van der Waals surface area contributed by atoms with Crippen molar-refractivity contribution in [3.8, 4) is 0 Å². The second kappa shape index (κ2) is 7.22. The molecule has 0 atom stereocenters. The van der Waals surface area contributed by atoms with Crippen molar-refractivity contribution in [2.24, 2.45) is 0 Å². The molecule has 0 aromatic heterocycles. The van der Waals surface area contributed by atoms with Crippen LogP contribution >= 0.6 is 0 Å². The number of aryl methyl sites for hydroxylation is 2. The van der Waals surface area contributed by atoms with E-state index in [2.05, 4.69) is 5.32 Å². The minimum absolute atomic E-state index is 0.0249. The number of amidine groups is 1. The van der Waals surface area contributed by atoms with Crippen molar-refractivity contribution in [2.45, 2.75) is 26.7 Å². The summed E-state index contributed by atoms with van der Waals surface area (Å²) in [6.45, 7) is 3.44. The molecule has 3 nitrogen and oxygen atoms in total. The van der Waals surface area contributed by atoms with Gasteiger partial charge < -0.3 is 5.32 Å². The van der Waals surface area contributed by atoms with E-state index in [1.807, 2.05) is 25.1 Å². The maximum atomic E-state index is 14.2. The van der Waals surface area contributed by atoms with E-state index in [1.165, 1.54) is 19.1 Å². The van der Waals surface area contributed by atoms with Gasteiger partial charge in [0.05, 0.1) is 5.84 Å². The Morgan fingerprint density at radius 1 is 1.26 bits per heavy atom. The van der Waals surface area contributed by atoms with E-state index in [0.29, 0.717) is 23.9 Å². The van der Waals surface area contributed by atoms with Gasteiger partial charge in [-0.2, -0.15) is 0 Å². The maximum Gasteiger partial charge on any atom is 0.256 e. The van der Waals surface area contributed by atoms with Crippen LogP contribution in [0.4, 0.5) is 4.39 Å². The van der Waals surface area contributed by atoms with E-state index < -0.39 is 11.7 Å². The second-order valence-electron chi connectivity index (χ2n) is 5.53. The highest BCUT2D eigenvalue weighted by Gasteiger charge is 2.15. The summed E-state index contributed by atoms with van der Waals surface area (Å²) < 4.78 is 14.2. The zero-order valence-electron chi connectivity index (χ0n) is 13.2. The number of hydrogen-bond donors (Lipinski definition) is 2. The first-order valence-electron chi connectivity index (χ1n) is 7.37. The van der Waals surface area contributed by atoms with E-state index >= 15 is 0 Å². The van der Waals surface area contributed by atoms with Crippen LogP contribution in [0.2, 0.25) is 0 Å². The second-order valence-corrected chi connectivity index (χ2v) is 5.53. The third-order valence-corrected chi connectivity index (χ3v) is 3.68. The summed E-state index contributed by atoms with van der Waals surface area (Å²) in [5, 5.41) is 9.75. The number of halogens is 1. The Morgan fingerprint density at radius 2 is 2.00 bits per heavy atom. The molecule has 2 aromatic carbocycles. The van der Waals surface area contributed by atoms with Crippen LogP contribution in [0.15, 0.2) is 36.4 Å². The fourth-order valence-corrected chi connectivity index (χ4v) is 2.48. The highest BCUT2D eigenvalue weighted by Crippen LogP contribution is 2.18. The van der Waals surface area contributed by atoms with Gasteiger partial charge in [0.15, 0.2) is 0 Å². The van der Waals surface area contributed by atoms with E-state index in [9.17, 15) is 9.18 Å². The minimum Gasteiger partial charge on any atom is -0.311 e. The topological polar surface area (TPSA) is 53.0 Å². The summed E-state index contributed by atoms with van der Waals surface area (Å²) in [7, 11) is 5.80. The van der Waals surface area contributed by atoms with Crippen LogP contribution in [0.25, 0.3) is 0 Å². The predicted octanol–water partition coefficient (Wildman–Crippen LogP) is 2.44. The van der Waals surface area contributed by atoms with Crippen LogP contribution < -0.4 is 10.8 Å². The molecule has 0 heterocycles. The number of nitrogens with one attached hydrogen (secondary N) is 2. The van der Waals surface area contributed by atoms with Crippen molar-refractivity contribution in [2.75, 3.05) is 0 Å². The Kier molecular flexibility index (Phi) is 5.32. The first-order valence-corrected chi connectivity index (χ1v) is 7.37. The first kappa shape index (κ1) is 16.9. The molecule has 0 spiro atoms. The molecule has 0 unspecified atom stereocenters. The normalized spacial score (nSPS) is 10.4. The van der Waals surface area contributed by atoms with E-state index in [0.717, 1.165) is 11.1 Å². The number of amides is 1. The number of rotatable bonds is 4. The molecule has 5 heteroatoms. The minimum atomic E-state index is -0.462. The van der Waals surface area contributed by atoms with Crippen molar-refractivity contribution in [1.29, 1.82) is 5.41 Å². The summed E-state index contributed by atoms with van der Waals surface area (Å²) in [6.07, 6.45) is 0.971. The molecule has 2 aromatic rings. The van der Waals surface area contributed by atoms with Crippen LogP contribution in [0.5, 0.6) is 0 Å². The van der Waals surface area contributed by atoms with Crippen LogP contribution in [-0.2, 0) is 12.8 Å². The predicted molar refractivity (Wildman–Crippen MR) is 91.2 cm³/mol. The molecule has 2 radical (unpaired) electrons. The highest BCUT2D eigenvalue weighted by atomic mass is 19.1. The molecule has 0 aliphatic rings. The van der Waals surface area contributed by atoms with Gasteiger partial charge in [0, 0.05) is 11.1 Å². The standard InChI is InChI=1S/C18H18BFN2O/c1-11-6-8-14(19)10-13(11)7-9-15-16(4-3-5-17(15)20)18(23)22-12(2)21/h3-6,8,10H,7,9H2,1-2H3,(H2,21,22,23). The molecule has 0 bridgehead atoms. The zero-order valence-corrected chi connectivity index (χ0v) is 13.2. The van der Waals surface area contributed by atoms with Crippen LogP contribution in [0, 0.1) is 18.2 Å². The number of hydrogen-bond acceptors (Lipinski definition) is 2. The molecule has 0 saturated heterocycles. The molecule has 0 aliphatic carbocycles. The molecule has 1 amide bonds. The zero-order chi connectivity index (χ0) is 17.0. The van der Waals surface area contributed by atoms with Gasteiger partial charge in [-0.05, 0) is 49.9 Å². The lowest BCUT2D eigenvalue weighted by Crippen LogP contribution is -2.28. The maximum absolute atomic E-state index is 14.2. The summed E-state index contributed by atoms with van der Waals surface area (Å²) >= 11 is 0. The lowest BCUT2D eigenvalue weighted by molar-refractivity contribution is 0.0975. The summed E-state index contributed by atoms with van der Waals surface area (Å²) in [5.74, 6) is -0.852. The number of carbonyl (C=O) groups excluding carboxylic acids is 1. The molecule has 23 heavy (non-hydrogen) atoms. The van der Waals surface area contributed by atoms with Gasteiger partial charge in [-0.25, -0.2) is 4.39 Å². The van der Waals surface area contributed by atoms with Crippen molar-refractivity contribution in [3.05, 3.63) is 64.5 Å². The van der Waals surface area contributed by atoms with Crippen LogP contribution in [0.3, 0.4) is 0 Å². The molecule has 0 fully saturated rings. The Morgan fingerprint density at radius 3 is 2.70 bits per heavy atom. The molecule has 0 saturated carbocycles. The Balaban J connectivity index is 2.27. The molecular formula is C18H18BFN2O. The average molecular weight is 308 g/mol. The lowest BCUT2D eigenvalue weighted by Gasteiger charge is -2.12. The summed E-state index contributed by atoms with van der Waals surface area (Å²) in [6, 6.07) is 10.0. The van der Waals surface area contributed by atoms with E-state index in [-0.39, 0.29) is 11.4 Å². The molecule has 0 aliphatic heterocycles. The van der Waals surface area contributed by atoms with Crippen molar-refractivity contribution < 1.29 is 9.18 Å². The average Bonchev–Trinajstić information content (AvgIpc) is 2.48. The van der Waals surface area contributed by atoms with Gasteiger partial charge in [0.25, 0.3) is 5.91 Å². The monoisotopic (exact) mass is 308 g/mol. The van der Waals surface area contributed by atoms with Gasteiger partial charge in [-0.1, -0.05) is 29.7 Å². The van der Waals surface area contributed by atoms with Crippen molar-refractivity contribution in [1.82, 2.24) is 5.32 Å². The fourth-order valence-electron chi connectivity index (χ4n) is 2.48. The van der Waals surface area contributed by atoms with Crippen LogP contribution in [-0.4, -0.2) is 19.6 Å². The molecule has 2 N–H and O–H groups in total. The summed E-state index contributed by atoms with van der Waals surface area (Å²) in [4.78, 5) is 12.1. The number of carbonyl (C=O) groups is 1. The van der Waals surface area contributed by atoms with Gasteiger partial charge in [-0.3, -0.25) is 10.2 Å². The lowest BCUT2D eigenvalue weighted by atomic mass is 9.89. The largest absolute Gasteiger partial charge is 0.311 e. The van der Waals surface area contributed by atoms with E-state index in [4.69, 9.17) is 13.3 Å². The Hall–Kier alpha value is -2.43. The summed E-state index contributed by atoms with van der Waals surface area (Å²) in [5.41, 5.74) is 3.39. The fraction of sp³-hybridized carbons (Fsp3) is 0.222. The quantitative estimate of drug-likeness (QED) is 0.509. The van der Waals surface area contributed by atoms with Crippen LogP contribution in [0.1, 0.15) is 34.0 Å². The highest BCUT2D eigenvalue weighted by molar-refractivity contribution is 6.32. The van der Waals surface area contributed by atoms with Gasteiger partial charge in [0.2, 0.25) is 0 Å². The van der Waals surface area contributed by atoms with Gasteiger partial charge >= 0.3 is 0 Å². The van der Waals surface area contributed by atoms with Gasteiger partial charge in [0.1, 0.15) is 13.7 Å².